The van der Waals surface area contributed by atoms with Gasteiger partial charge in [0.25, 0.3) is 0 Å². The highest BCUT2D eigenvalue weighted by molar-refractivity contribution is 5.78. The smallest absolute Gasteiger partial charge is 0.225 e. The summed E-state index contributed by atoms with van der Waals surface area (Å²) in [5, 5.41) is 3.76. The van der Waals surface area contributed by atoms with Crippen LogP contribution in [-0.2, 0) is 16.9 Å². The van der Waals surface area contributed by atoms with Gasteiger partial charge in [-0.25, -0.2) is 4.98 Å². The average molecular weight is 324 g/mol. The highest BCUT2D eigenvalue weighted by Gasteiger charge is 2.42. The second-order valence-corrected chi connectivity index (χ2v) is 7.17. The van der Waals surface area contributed by atoms with Gasteiger partial charge in [-0.05, 0) is 24.5 Å². The fourth-order valence-electron chi connectivity index (χ4n) is 3.97. The van der Waals surface area contributed by atoms with Crippen LogP contribution in [0.3, 0.4) is 0 Å². The number of hydrogen-bond acceptors (Lipinski definition) is 3. The van der Waals surface area contributed by atoms with E-state index in [0.717, 1.165) is 38.3 Å². The lowest BCUT2D eigenvalue weighted by Crippen LogP contribution is -2.53. The van der Waals surface area contributed by atoms with Gasteiger partial charge in [0.15, 0.2) is 0 Å². The molecule has 24 heavy (non-hydrogen) atoms. The SMILES string of the molecule is CC(C)C(=O)N1CCC2(CC1)NCc1ccccc1-n1ccnc12. The number of likely N-dealkylation sites (tertiary alicyclic amines) is 1. The van der Waals surface area contributed by atoms with Crippen molar-refractivity contribution in [2.45, 2.75) is 38.8 Å². The zero-order valence-corrected chi connectivity index (χ0v) is 14.3. The third-order valence-electron chi connectivity index (χ3n) is 5.36. The summed E-state index contributed by atoms with van der Waals surface area (Å²) in [6.45, 7) is 6.35. The predicted molar refractivity (Wildman–Crippen MR) is 92.7 cm³/mol. The van der Waals surface area contributed by atoms with Crippen molar-refractivity contribution in [2.24, 2.45) is 5.92 Å². The van der Waals surface area contributed by atoms with Gasteiger partial charge < -0.3 is 14.8 Å². The molecule has 1 amide bonds. The molecule has 0 bridgehead atoms. The fourth-order valence-corrected chi connectivity index (χ4v) is 3.97. The van der Waals surface area contributed by atoms with Gasteiger partial charge in [-0.15, -0.1) is 0 Å². The van der Waals surface area contributed by atoms with Crippen LogP contribution in [-0.4, -0.2) is 33.4 Å². The molecule has 126 valence electrons. The summed E-state index contributed by atoms with van der Waals surface area (Å²) in [4.78, 5) is 19.0. The molecule has 0 radical (unpaired) electrons. The zero-order valence-electron chi connectivity index (χ0n) is 14.3. The second-order valence-electron chi connectivity index (χ2n) is 7.17. The van der Waals surface area contributed by atoms with E-state index in [1.165, 1.54) is 11.3 Å². The first-order valence-electron chi connectivity index (χ1n) is 8.77. The maximum absolute atomic E-state index is 12.3. The van der Waals surface area contributed by atoms with Crippen molar-refractivity contribution in [2.75, 3.05) is 13.1 Å². The van der Waals surface area contributed by atoms with Gasteiger partial charge in [0, 0.05) is 37.9 Å². The minimum absolute atomic E-state index is 0.0624. The topological polar surface area (TPSA) is 50.2 Å². The van der Waals surface area contributed by atoms with Gasteiger partial charge in [0.1, 0.15) is 5.82 Å². The summed E-state index contributed by atoms with van der Waals surface area (Å²) in [5.41, 5.74) is 2.33. The summed E-state index contributed by atoms with van der Waals surface area (Å²) in [6.07, 6.45) is 5.73. The van der Waals surface area contributed by atoms with Crippen LogP contribution in [0.15, 0.2) is 36.7 Å². The van der Waals surface area contributed by atoms with E-state index in [4.69, 9.17) is 4.98 Å². The lowest BCUT2D eigenvalue weighted by Gasteiger charge is -2.41. The molecule has 1 saturated heterocycles. The normalized spacial score (nSPS) is 19.0. The molecule has 1 N–H and O–H groups in total. The molecule has 2 aliphatic heterocycles. The summed E-state index contributed by atoms with van der Waals surface area (Å²) in [5.74, 6) is 1.39. The van der Waals surface area contributed by atoms with Gasteiger partial charge in [-0.1, -0.05) is 32.0 Å². The molecule has 0 unspecified atom stereocenters. The maximum atomic E-state index is 12.3. The molecule has 5 nitrogen and oxygen atoms in total. The number of hydrogen-bond donors (Lipinski definition) is 1. The van der Waals surface area contributed by atoms with Crippen LogP contribution < -0.4 is 5.32 Å². The third-order valence-corrected chi connectivity index (χ3v) is 5.36. The van der Waals surface area contributed by atoms with Crippen LogP contribution in [0.5, 0.6) is 0 Å². The first-order valence-corrected chi connectivity index (χ1v) is 8.77. The van der Waals surface area contributed by atoms with E-state index in [1.807, 2.05) is 24.9 Å². The van der Waals surface area contributed by atoms with E-state index < -0.39 is 0 Å². The predicted octanol–water partition coefficient (Wildman–Crippen LogP) is 2.45. The number of piperidine rings is 1. The van der Waals surface area contributed by atoms with E-state index in [1.54, 1.807) is 0 Å². The maximum Gasteiger partial charge on any atom is 0.225 e. The minimum Gasteiger partial charge on any atom is -0.342 e. The average Bonchev–Trinajstić information content (AvgIpc) is 3.06. The molecule has 2 aliphatic rings. The van der Waals surface area contributed by atoms with E-state index >= 15 is 0 Å². The van der Waals surface area contributed by atoms with E-state index in [9.17, 15) is 4.79 Å². The van der Waals surface area contributed by atoms with Crippen molar-refractivity contribution in [1.29, 1.82) is 0 Å². The van der Waals surface area contributed by atoms with Crippen LogP contribution in [0.2, 0.25) is 0 Å². The van der Waals surface area contributed by atoms with Gasteiger partial charge in [0.05, 0.1) is 11.2 Å². The van der Waals surface area contributed by atoms with Crippen LogP contribution >= 0.6 is 0 Å². The number of rotatable bonds is 1. The first kappa shape index (κ1) is 15.4. The van der Waals surface area contributed by atoms with Crippen LogP contribution in [0.1, 0.15) is 38.1 Å². The molecule has 2 aromatic rings. The Morgan fingerprint density at radius 1 is 1.25 bits per heavy atom. The largest absolute Gasteiger partial charge is 0.342 e. The Bertz CT molecular complexity index is 756. The zero-order chi connectivity index (χ0) is 16.7. The van der Waals surface area contributed by atoms with Gasteiger partial charge in [-0.3, -0.25) is 4.79 Å². The molecule has 0 aliphatic carbocycles. The van der Waals surface area contributed by atoms with Crippen LogP contribution in [0.4, 0.5) is 0 Å². The second kappa shape index (κ2) is 5.74. The lowest BCUT2D eigenvalue weighted by molar-refractivity contribution is -0.136. The molecule has 1 aromatic heterocycles. The Morgan fingerprint density at radius 3 is 2.75 bits per heavy atom. The fraction of sp³-hybridized carbons (Fsp3) is 0.474. The Balaban J connectivity index is 1.66. The molecule has 1 aromatic carbocycles. The van der Waals surface area contributed by atoms with E-state index in [2.05, 4.69) is 40.3 Å². The van der Waals surface area contributed by atoms with E-state index in [0.29, 0.717) is 0 Å². The Hall–Kier alpha value is -2.14. The number of benzene rings is 1. The van der Waals surface area contributed by atoms with Crippen molar-refractivity contribution < 1.29 is 4.79 Å². The molecule has 1 spiro atoms. The minimum atomic E-state index is -0.156. The Morgan fingerprint density at radius 2 is 2.00 bits per heavy atom. The number of carbonyl (C=O) groups excluding carboxylic acids is 1. The monoisotopic (exact) mass is 324 g/mol. The number of nitrogens with one attached hydrogen (secondary N) is 1. The summed E-state index contributed by atoms with van der Waals surface area (Å²) < 4.78 is 2.22. The third kappa shape index (κ3) is 2.35. The number of amides is 1. The molecule has 3 heterocycles. The van der Waals surface area contributed by atoms with Crippen LogP contribution in [0, 0.1) is 5.92 Å². The van der Waals surface area contributed by atoms with Crippen molar-refractivity contribution in [3.63, 3.8) is 0 Å². The van der Waals surface area contributed by atoms with Crippen molar-refractivity contribution in [3.8, 4) is 5.69 Å². The molecule has 5 heteroatoms. The number of nitrogens with zero attached hydrogens (tertiary/aromatic N) is 3. The molecule has 0 atom stereocenters. The summed E-state index contributed by atoms with van der Waals surface area (Å²) in [6, 6.07) is 8.48. The molecule has 1 fully saturated rings. The van der Waals surface area contributed by atoms with Crippen molar-refractivity contribution in [3.05, 3.63) is 48.0 Å². The van der Waals surface area contributed by atoms with Gasteiger partial charge >= 0.3 is 0 Å². The number of aromatic nitrogens is 2. The van der Waals surface area contributed by atoms with Crippen molar-refractivity contribution >= 4 is 5.91 Å². The highest BCUT2D eigenvalue weighted by Crippen LogP contribution is 2.36. The molecule has 4 rings (SSSR count). The van der Waals surface area contributed by atoms with Gasteiger partial charge in [-0.2, -0.15) is 0 Å². The van der Waals surface area contributed by atoms with E-state index in [-0.39, 0.29) is 17.4 Å². The quantitative estimate of drug-likeness (QED) is 0.876. The Kier molecular flexibility index (Phi) is 3.68. The molecule has 0 saturated carbocycles. The molecular formula is C19H24N4O. The standard InChI is InChI=1S/C19H24N4O/c1-14(2)17(24)22-10-7-19(8-11-22)18-20-9-12-23(18)16-6-4-3-5-15(16)13-21-19/h3-6,9,12,14,21H,7-8,10-11,13H2,1-2H3. The lowest BCUT2D eigenvalue weighted by atomic mass is 9.86. The highest BCUT2D eigenvalue weighted by atomic mass is 16.2. The van der Waals surface area contributed by atoms with Gasteiger partial charge in [0.2, 0.25) is 5.91 Å². The number of para-hydroxylation sites is 1. The summed E-state index contributed by atoms with van der Waals surface area (Å²) >= 11 is 0. The Labute approximate surface area is 142 Å². The van der Waals surface area contributed by atoms with Crippen molar-refractivity contribution in [1.82, 2.24) is 19.8 Å². The number of fused-ring (bicyclic) bond motifs is 4. The summed E-state index contributed by atoms with van der Waals surface area (Å²) in [7, 11) is 0. The number of imidazole rings is 1. The first-order chi connectivity index (χ1) is 11.6. The van der Waals surface area contributed by atoms with Crippen LogP contribution in [0.25, 0.3) is 5.69 Å². The number of carbonyl (C=O) groups is 1. The molecular weight excluding hydrogens is 300 g/mol.